The average molecular weight is 335 g/mol. The van der Waals surface area contributed by atoms with Gasteiger partial charge < -0.3 is 15.8 Å². The van der Waals surface area contributed by atoms with Crippen molar-refractivity contribution in [3.63, 3.8) is 0 Å². The van der Waals surface area contributed by atoms with E-state index < -0.39 is 0 Å². The summed E-state index contributed by atoms with van der Waals surface area (Å²) >= 11 is 0. The number of anilines is 1. The summed E-state index contributed by atoms with van der Waals surface area (Å²) in [6, 6.07) is 15.4. The number of hydrogen-bond acceptors (Lipinski definition) is 3. The van der Waals surface area contributed by atoms with E-state index in [2.05, 4.69) is 24.4 Å². The summed E-state index contributed by atoms with van der Waals surface area (Å²) < 4.78 is 5.40. The zero-order valence-electron chi connectivity index (χ0n) is 13.2. The van der Waals surface area contributed by atoms with Crippen molar-refractivity contribution in [3.8, 4) is 5.75 Å². The van der Waals surface area contributed by atoms with Crippen molar-refractivity contribution >= 4 is 24.0 Å². The largest absolute Gasteiger partial charge is 0.492 e. The van der Waals surface area contributed by atoms with Crippen LogP contribution in [0.25, 0.3) is 0 Å². The SMILES string of the molecule is Cc1ccccc1CCC(=O)Nc1ccc(OCCN)cc1.Cl. The maximum Gasteiger partial charge on any atom is 0.224 e. The molecule has 124 valence electrons. The Morgan fingerprint density at radius 2 is 1.83 bits per heavy atom. The first kappa shape index (κ1) is 19.0. The van der Waals surface area contributed by atoms with Crippen LogP contribution in [0.5, 0.6) is 5.75 Å². The number of nitrogens with one attached hydrogen (secondary N) is 1. The minimum Gasteiger partial charge on any atom is -0.492 e. The zero-order chi connectivity index (χ0) is 15.8. The van der Waals surface area contributed by atoms with Crippen LogP contribution in [-0.2, 0) is 11.2 Å². The predicted molar refractivity (Wildman–Crippen MR) is 96.4 cm³/mol. The summed E-state index contributed by atoms with van der Waals surface area (Å²) in [6.07, 6.45) is 1.21. The van der Waals surface area contributed by atoms with Gasteiger partial charge in [-0.15, -0.1) is 12.4 Å². The van der Waals surface area contributed by atoms with Gasteiger partial charge in [0.15, 0.2) is 0 Å². The van der Waals surface area contributed by atoms with E-state index in [9.17, 15) is 4.79 Å². The molecule has 0 saturated carbocycles. The van der Waals surface area contributed by atoms with Crippen LogP contribution in [0, 0.1) is 6.92 Å². The molecule has 4 nitrogen and oxygen atoms in total. The highest BCUT2D eigenvalue weighted by Crippen LogP contribution is 2.16. The van der Waals surface area contributed by atoms with Gasteiger partial charge >= 0.3 is 0 Å². The van der Waals surface area contributed by atoms with Gasteiger partial charge in [-0.2, -0.15) is 0 Å². The maximum atomic E-state index is 12.0. The standard InChI is InChI=1S/C18H22N2O2.ClH/c1-14-4-2-3-5-15(14)6-11-18(21)20-16-7-9-17(10-8-16)22-13-12-19;/h2-5,7-10H,6,11-13,19H2,1H3,(H,20,21);1H. The summed E-state index contributed by atoms with van der Waals surface area (Å²) in [7, 11) is 0. The number of halogens is 1. The van der Waals surface area contributed by atoms with Crippen molar-refractivity contribution < 1.29 is 9.53 Å². The van der Waals surface area contributed by atoms with Crippen LogP contribution in [0.3, 0.4) is 0 Å². The highest BCUT2D eigenvalue weighted by atomic mass is 35.5. The number of benzene rings is 2. The molecule has 2 rings (SSSR count). The lowest BCUT2D eigenvalue weighted by Crippen LogP contribution is -2.13. The van der Waals surface area contributed by atoms with E-state index in [1.165, 1.54) is 11.1 Å². The van der Waals surface area contributed by atoms with E-state index in [4.69, 9.17) is 10.5 Å². The van der Waals surface area contributed by atoms with Gasteiger partial charge in [-0.3, -0.25) is 4.79 Å². The van der Waals surface area contributed by atoms with E-state index in [1.54, 1.807) is 0 Å². The lowest BCUT2D eigenvalue weighted by molar-refractivity contribution is -0.116. The van der Waals surface area contributed by atoms with Crippen LogP contribution in [0.2, 0.25) is 0 Å². The number of carbonyl (C=O) groups excluding carboxylic acids is 1. The summed E-state index contributed by atoms with van der Waals surface area (Å²) in [5.74, 6) is 0.766. The van der Waals surface area contributed by atoms with Crippen molar-refractivity contribution in [2.75, 3.05) is 18.5 Å². The summed E-state index contributed by atoms with van der Waals surface area (Å²) in [6.45, 7) is 3.03. The molecule has 0 fully saturated rings. The van der Waals surface area contributed by atoms with E-state index in [-0.39, 0.29) is 18.3 Å². The molecule has 1 amide bonds. The van der Waals surface area contributed by atoms with Gasteiger partial charge in [-0.25, -0.2) is 0 Å². The van der Waals surface area contributed by atoms with Gasteiger partial charge in [-0.05, 0) is 48.7 Å². The van der Waals surface area contributed by atoms with Gasteiger partial charge in [0.25, 0.3) is 0 Å². The third-order valence-corrected chi connectivity index (χ3v) is 3.41. The molecule has 0 aliphatic heterocycles. The predicted octanol–water partition coefficient (Wildman–Crippen LogP) is 3.33. The average Bonchev–Trinajstić information content (AvgIpc) is 2.53. The number of ether oxygens (including phenoxy) is 1. The Kier molecular flexibility index (Phi) is 8.16. The van der Waals surface area contributed by atoms with E-state index in [0.29, 0.717) is 19.6 Å². The molecule has 0 aliphatic carbocycles. The zero-order valence-corrected chi connectivity index (χ0v) is 14.1. The lowest BCUT2D eigenvalue weighted by atomic mass is 10.0. The molecular weight excluding hydrogens is 312 g/mol. The molecule has 0 aromatic heterocycles. The minimum atomic E-state index is 0. The van der Waals surface area contributed by atoms with Crippen molar-refractivity contribution in [3.05, 3.63) is 59.7 Å². The van der Waals surface area contributed by atoms with Crippen LogP contribution >= 0.6 is 12.4 Å². The number of amides is 1. The number of aryl methyl sites for hydroxylation is 2. The molecule has 0 radical (unpaired) electrons. The number of carbonyl (C=O) groups is 1. The summed E-state index contributed by atoms with van der Waals surface area (Å²) in [4.78, 5) is 12.0. The van der Waals surface area contributed by atoms with Gasteiger partial charge in [0, 0.05) is 18.7 Å². The fourth-order valence-corrected chi connectivity index (χ4v) is 2.17. The van der Waals surface area contributed by atoms with Crippen LogP contribution in [0.1, 0.15) is 17.5 Å². The first-order valence-corrected chi connectivity index (χ1v) is 7.46. The first-order valence-electron chi connectivity index (χ1n) is 7.46. The topological polar surface area (TPSA) is 64.3 Å². The Bertz CT molecular complexity index is 615. The van der Waals surface area contributed by atoms with Crippen LogP contribution in [0.4, 0.5) is 5.69 Å². The van der Waals surface area contributed by atoms with Crippen molar-refractivity contribution in [2.45, 2.75) is 19.8 Å². The van der Waals surface area contributed by atoms with Crippen LogP contribution in [-0.4, -0.2) is 19.1 Å². The first-order chi connectivity index (χ1) is 10.7. The molecule has 0 aliphatic rings. The minimum absolute atomic E-state index is 0. The number of nitrogens with two attached hydrogens (primary N) is 1. The second-order valence-electron chi connectivity index (χ2n) is 5.14. The Balaban J connectivity index is 0.00000264. The van der Waals surface area contributed by atoms with Gasteiger partial charge in [0.2, 0.25) is 5.91 Å². The quantitative estimate of drug-likeness (QED) is 0.816. The smallest absolute Gasteiger partial charge is 0.224 e. The molecule has 5 heteroatoms. The second-order valence-corrected chi connectivity index (χ2v) is 5.14. The van der Waals surface area contributed by atoms with Crippen molar-refractivity contribution in [1.29, 1.82) is 0 Å². The molecule has 2 aromatic carbocycles. The molecule has 0 spiro atoms. The third-order valence-electron chi connectivity index (χ3n) is 3.41. The number of rotatable bonds is 7. The highest BCUT2D eigenvalue weighted by Gasteiger charge is 2.05. The monoisotopic (exact) mass is 334 g/mol. The normalized spacial score (nSPS) is 9.83. The fourth-order valence-electron chi connectivity index (χ4n) is 2.17. The van der Waals surface area contributed by atoms with Crippen molar-refractivity contribution in [2.24, 2.45) is 5.73 Å². The van der Waals surface area contributed by atoms with E-state index >= 15 is 0 Å². The second kappa shape index (κ2) is 9.87. The molecular formula is C18H23ClN2O2. The Hall–Kier alpha value is -2.04. The van der Waals surface area contributed by atoms with E-state index in [0.717, 1.165) is 17.9 Å². The highest BCUT2D eigenvalue weighted by molar-refractivity contribution is 5.90. The molecule has 0 bridgehead atoms. The summed E-state index contributed by atoms with van der Waals surface area (Å²) in [5, 5.41) is 2.90. The number of hydrogen-bond donors (Lipinski definition) is 2. The molecule has 0 heterocycles. The Labute approximate surface area is 143 Å². The van der Waals surface area contributed by atoms with Gasteiger partial charge in [-0.1, -0.05) is 24.3 Å². The molecule has 3 N–H and O–H groups in total. The fraction of sp³-hybridized carbons (Fsp3) is 0.278. The molecule has 23 heavy (non-hydrogen) atoms. The van der Waals surface area contributed by atoms with Gasteiger partial charge in [0.1, 0.15) is 12.4 Å². The van der Waals surface area contributed by atoms with Crippen molar-refractivity contribution in [1.82, 2.24) is 0 Å². The molecule has 0 unspecified atom stereocenters. The van der Waals surface area contributed by atoms with Gasteiger partial charge in [0.05, 0.1) is 0 Å². The van der Waals surface area contributed by atoms with E-state index in [1.807, 2.05) is 36.4 Å². The molecule has 2 aromatic rings. The molecule has 0 atom stereocenters. The maximum absolute atomic E-state index is 12.0. The van der Waals surface area contributed by atoms with Crippen LogP contribution < -0.4 is 15.8 Å². The third kappa shape index (κ3) is 6.30. The molecule has 0 saturated heterocycles. The lowest BCUT2D eigenvalue weighted by Gasteiger charge is -2.08. The Morgan fingerprint density at radius 1 is 1.13 bits per heavy atom. The summed E-state index contributed by atoms with van der Waals surface area (Å²) in [5.41, 5.74) is 8.59. The Morgan fingerprint density at radius 3 is 2.48 bits per heavy atom. The van der Waals surface area contributed by atoms with Crippen LogP contribution in [0.15, 0.2) is 48.5 Å².